The van der Waals surface area contributed by atoms with E-state index in [2.05, 4.69) is 67.1 Å². The second-order valence-electron chi connectivity index (χ2n) is 6.41. The number of benzene rings is 1. The second kappa shape index (κ2) is 7.49. The molecule has 0 saturated heterocycles. The van der Waals surface area contributed by atoms with Gasteiger partial charge in [0.05, 0.1) is 28.5 Å². The first-order chi connectivity index (χ1) is 11.6. The number of nitrogens with zero attached hydrogens (tertiary/aromatic N) is 3. The van der Waals surface area contributed by atoms with Gasteiger partial charge < -0.3 is 9.80 Å². The van der Waals surface area contributed by atoms with Crippen molar-refractivity contribution in [2.24, 2.45) is 4.99 Å². The molecule has 2 heterocycles. The molecule has 1 aliphatic rings. The van der Waals surface area contributed by atoms with Crippen molar-refractivity contribution in [3.8, 4) is 0 Å². The van der Waals surface area contributed by atoms with Gasteiger partial charge in [0.1, 0.15) is 0 Å². The zero-order valence-electron chi connectivity index (χ0n) is 15.2. The Morgan fingerprint density at radius 1 is 1.17 bits per heavy atom. The molecule has 2 aromatic rings. The summed E-state index contributed by atoms with van der Waals surface area (Å²) in [5, 5.41) is 2.13. The smallest absolute Gasteiger partial charge is 0.0870 e. The highest BCUT2D eigenvalue weighted by molar-refractivity contribution is 7.12. The Bertz CT molecular complexity index is 715. The third-order valence-electron chi connectivity index (χ3n) is 4.91. The highest BCUT2D eigenvalue weighted by Crippen LogP contribution is 2.36. The summed E-state index contributed by atoms with van der Waals surface area (Å²) in [4.78, 5) is 11.2. The van der Waals surface area contributed by atoms with Crippen molar-refractivity contribution >= 4 is 28.4 Å². The predicted octanol–water partition coefficient (Wildman–Crippen LogP) is 4.65. The molecule has 1 aliphatic heterocycles. The number of hydrogen-bond acceptors (Lipinski definition) is 4. The minimum absolute atomic E-state index is 0.900. The molecule has 0 N–H and O–H groups in total. The third kappa shape index (κ3) is 3.55. The first-order valence-electron chi connectivity index (χ1n) is 8.82. The van der Waals surface area contributed by atoms with E-state index in [0.29, 0.717) is 0 Å². The average molecular weight is 342 g/mol. The minimum Gasteiger partial charge on any atom is -0.363 e. The monoisotopic (exact) mass is 341 g/mol. The molecule has 1 aromatic heterocycles. The van der Waals surface area contributed by atoms with Gasteiger partial charge in [-0.3, -0.25) is 0 Å². The van der Waals surface area contributed by atoms with E-state index in [-0.39, 0.29) is 0 Å². The molecule has 24 heavy (non-hydrogen) atoms. The van der Waals surface area contributed by atoms with Crippen molar-refractivity contribution in [2.75, 3.05) is 37.6 Å². The minimum atomic E-state index is 0.900. The molecule has 0 spiro atoms. The van der Waals surface area contributed by atoms with Gasteiger partial charge in [-0.05, 0) is 61.6 Å². The van der Waals surface area contributed by atoms with E-state index in [1.54, 1.807) is 11.3 Å². The summed E-state index contributed by atoms with van der Waals surface area (Å²) >= 11 is 1.78. The summed E-state index contributed by atoms with van der Waals surface area (Å²) in [6.45, 7) is 14.1. The van der Waals surface area contributed by atoms with Crippen LogP contribution >= 0.6 is 11.3 Å². The summed E-state index contributed by atoms with van der Waals surface area (Å²) in [5.74, 6) is 0. The van der Waals surface area contributed by atoms with Crippen molar-refractivity contribution in [1.29, 1.82) is 0 Å². The van der Waals surface area contributed by atoms with Crippen LogP contribution in [-0.4, -0.2) is 43.3 Å². The lowest BCUT2D eigenvalue weighted by molar-refractivity contribution is 0.310. The van der Waals surface area contributed by atoms with Crippen LogP contribution < -0.4 is 4.90 Å². The van der Waals surface area contributed by atoms with Crippen LogP contribution in [0.25, 0.3) is 0 Å². The van der Waals surface area contributed by atoms with E-state index in [4.69, 9.17) is 4.99 Å². The summed E-state index contributed by atoms with van der Waals surface area (Å²) < 4.78 is 0. The molecule has 0 atom stereocenters. The fourth-order valence-corrected chi connectivity index (χ4v) is 3.86. The number of aryl methyl sites for hydroxylation is 2. The Balaban J connectivity index is 1.92. The molecule has 0 unspecified atom stereocenters. The SMILES string of the molecule is CCN(CC)CCN1CC(c2cccs2)=Nc2cc(C)c(C)cc21. The van der Waals surface area contributed by atoms with Crippen molar-refractivity contribution < 1.29 is 0 Å². The summed E-state index contributed by atoms with van der Waals surface area (Å²) in [5.41, 5.74) is 6.25. The lowest BCUT2D eigenvalue weighted by Gasteiger charge is -2.32. The van der Waals surface area contributed by atoms with E-state index in [0.717, 1.165) is 38.4 Å². The lowest BCUT2D eigenvalue weighted by atomic mass is 10.0. The molecular weight excluding hydrogens is 314 g/mol. The Hall–Kier alpha value is -1.65. The van der Waals surface area contributed by atoms with Crippen LogP contribution in [0.15, 0.2) is 34.6 Å². The Morgan fingerprint density at radius 2 is 1.92 bits per heavy atom. The van der Waals surface area contributed by atoms with E-state index in [9.17, 15) is 0 Å². The summed E-state index contributed by atoms with van der Waals surface area (Å²) in [6.07, 6.45) is 0. The zero-order chi connectivity index (χ0) is 17.1. The van der Waals surface area contributed by atoms with Gasteiger partial charge in [0.2, 0.25) is 0 Å². The highest BCUT2D eigenvalue weighted by atomic mass is 32.1. The molecule has 0 saturated carbocycles. The summed E-state index contributed by atoms with van der Waals surface area (Å²) in [7, 11) is 0. The van der Waals surface area contributed by atoms with Crippen LogP contribution in [0.5, 0.6) is 0 Å². The van der Waals surface area contributed by atoms with Crippen LogP contribution in [-0.2, 0) is 0 Å². The third-order valence-corrected chi connectivity index (χ3v) is 5.83. The average Bonchev–Trinajstić information content (AvgIpc) is 3.11. The maximum atomic E-state index is 4.98. The Kier molecular flexibility index (Phi) is 5.36. The quantitative estimate of drug-likeness (QED) is 0.762. The fraction of sp³-hybridized carbons (Fsp3) is 0.450. The van der Waals surface area contributed by atoms with Crippen molar-refractivity contribution in [3.63, 3.8) is 0 Å². The summed E-state index contributed by atoms with van der Waals surface area (Å²) in [6, 6.07) is 8.83. The first kappa shape index (κ1) is 17.2. The van der Waals surface area contributed by atoms with Gasteiger partial charge in [-0.1, -0.05) is 19.9 Å². The molecule has 0 amide bonds. The van der Waals surface area contributed by atoms with Gasteiger partial charge in [-0.25, -0.2) is 4.99 Å². The first-order valence-corrected chi connectivity index (χ1v) is 9.70. The molecule has 0 aliphatic carbocycles. The number of fused-ring (bicyclic) bond motifs is 1. The largest absolute Gasteiger partial charge is 0.363 e. The maximum Gasteiger partial charge on any atom is 0.0870 e. The van der Waals surface area contributed by atoms with Gasteiger partial charge in [-0.15, -0.1) is 11.3 Å². The molecule has 3 nitrogen and oxygen atoms in total. The maximum absolute atomic E-state index is 4.98. The van der Waals surface area contributed by atoms with Gasteiger partial charge in [-0.2, -0.15) is 0 Å². The number of likely N-dealkylation sites (N-methyl/N-ethyl adjacent to an activating group) is 1. The molecule has 1 aromatic carbocycles. The number of anilines is 1. The van der Waals surface area contributed by atoms with Gasteiger partial charge >= 0.3 is 0 Å². The number of thiophene rings is 1. The molecule has 0 fully saturated rings. The number of rotatable bonds is 6. The van der Waals surface area contributed by atoms with E-state index in [1.807, 2.05) is 0 Å². The van der Waals surface area contributed by atoms with E-state index >= 15 is 0 Å². The topological polar surface area (TPSA) is 18.8 Å². The molecule has 3 rings (SSSR count). The van der Waals surface area contributed by atoms with Crippen molar-refractivity contribution in [3.05, 3.63) is 45.6 Å². The predicted molar refractivity (Wildman–Crippen MR) is 106 cm³/mol. The zero-order valence-corrected chi connectivity index (χ0v) is 16.0. The van der Waals surface area contributed by atoms with Crippen LogP contribution in [0.3, 0.4) is 0 Å². The van der Waals surface area contributed by atoms with Crippen LogP contribution in [0.4, 0.5) is 11.4 Å². The number of aliphatic imine (C=N–C) groups is 1. The van der Waals surface area contributed by atoms with Gasteiger partial charge in [0.25, 0.3) is 0 Å². The highest BCUT2D eigenvalue weighted by Gasteiger charge is 2.22. The second-order valence-corrected chi connectivity index (χ2v) is 7.36. The van der Waals surface area contributed by atoms with Gasteiger partial charge in [0.15, 0.2) is 0 Å². The van der Waals surface area contributed by atoms with E-state index in [1.165, 1.54) is 27.4 Å². The van der Waals surface area contributed by atoms with Crippen LogP contribution in [0.2, 0.25) is 0 Å². The Labute approximate surface area is 149 Å². The van der Waals surface area contributed by atoms with Crippen LogP contribution in [0.1, 0.15) is 29.9 Å². The standard InChI is InChI=1S/C20H27N3S/c1-5-22(6-2)9-10-23-14-18(20-8-7-11-24-20)21-17-12-15(3)16(4)13-19(17)23/h7-8,11-13H,5-6,9-10,14H2,1-4H3. The van der Waals surface area contributed by atoms with Crippen molar-refractivity contribution in [2.45, 2.75) is 27.7 Å². The normalized spacial score (nSPS) is 14.0. The Morgan fingerprint density at radius 3 is 2.58 bits per heavy atom. The molecular formula is C20H27N3S. The van der Waals surface area contributed by atoms with E-state index < -0.39 is 0 Å². The molecule has 0 radical (unpaired) electrons. The lowest BCUT2D eigenvalue weighted by Crippen LogP contribution is -2.39. The molecule has 0 bridgehead atoms. The van der Waals surface area contributed by atoms with Gasteiger partial charge in [0, 0.05) is 13.1 Å². The molecule has 128 valence electrons. The number of hydrogen-bond donors (Lipinski definition) is 0. The van der Waals surface area contributed by atoms with Crippen molar-refractivity contribution in [1.82, 2.24) is 4.90 Å². The van der Waals surface area contributed by atoms with Crippen LogP contribution in [0, 0.1) is 13.8 Å². The fourth-order valence-electron chi connectivity index (χ4n) is 3.15. The molecule has 4 heteroatoms.